The van der Waals surface area contributed by atoms with Gasteiger partial charge in [-0.2, -0.15) is 0 Å². The highest BCUT2D eigenvalue weighted by atomic mass is 35.5. The molecular formula is C13H20ClN3. The van der Waals surface area contributed by atoms with Gasteiger partial charge in [0.25, 0.3) is 0 Å². The molecule has 0 amide bonds. The Balaban J connectivity index is 2.79. The number of guanidine groups is 1. The van der Waals surface area contributed by atoms with Crippen molar-refractivity contribution in [2.75, 3.05) is 13.6 Å². The Morgan fingerprint density at radius 2 is 2.24 bits per heavy atom. The first-order chi connectivity index (χ1) is 8.06. The lowest BCUT2D eigenvalue weighted by molar-refractivity contribution is 0.396. The van der Waals surface area contributed by atoms with Crippen LogP contribution in [-0.2, 0) is 0 Å². The second-order valence-electron chi connectivity index (χ2n) is 4.08. The van der Waals surface area contributed by atoms with Crippen LogP contribution in [0, 0.1) is 0 Å². The SMILES string of the molecule is CCCN=C(N)N(C)C(C)c1cccc(Cl)c1. The fraction of sp³-hybridized carbons (Fsp3) is 0.462. The molecule has 17 heavy (non-hydrogen) atoms. The fourth-order valence-corrected chi connectivity index (χ4v) is 1.73. The molecule has 0 saturated carbocycles. The molecule has 0 bridgehead atoms. The van der Waals surface area contributed by atoms with Crippen molar-refractivity contribution in [2.24, 2.45) is 10.7 Å². The summed E-state index contributed by atoms with van der Waals surface area (Å²) in [6.07, 6.45) is 1.00. The van der Waals surface area contributed by atoms with Crippen molar-refractivity contribution in [3.05, 3.63) is 34.9 Å². The van der Waals surface area contributed by atoms with Gasteiger partial charge in [0.2, 0.25) is 0 Å². The first-order valence-corrected chi connectivity index (χ1v) is 6.22. The molecule has 94 valence electrons. The number of aliphatic imine (C=N–C) groups is 1. The van der Waals surface area contributed by atoms with Gasteiger partial charge in [-0.3, -0.25) is 4.99 Å². The van der Waals surface area contributed by atoms with E-state index in [-0.39, 0.29) is 6.04 Å². The van der Waals surface area contributed by atoms with Crippen LogP contribution in [0.2, 0.25) is 5.02 Å². The quantitative estimate of drug-likeness (QED) is 0.662. The lowest BCUT2D eigenvalue weighted by atomic mass is 10.1. The summed E-state index contributed by atoms with van der Waals surface area (Å²) in [5.41, 5.74) is 7.06. The van der Waals surface area contributed by atoms with Gasteiger partial charge in [-0.15, -0.1) is 0 Å². The van der Waals surface area contributed by atoms with Crippen molar-refractivity contribution < 1.29 is 0 Å². The molecule has 1 aromatic carbocycles. The molecule has 0 fully saturated rings. The number of nitrogens with two attached hydrogens (primary N) is 1. The highest BCUT2D eigenvalue weighted by Crippen LogP contribution is 2.21. The Morgan fingerprint density at radius 1 is 1.53 bits per heavy atom. The molecule has 1 aromatic rings. The van der Waals surface area contributed by atoms with Gasteiger partial charge in [0.15, 0.2) is 5.96 Å². The normalized spacial score (nSPS) is 13.5. The van der Waals surface area contributed by atoms with Crippen LogP contribution in [0.15, 0.2) is 29.3 Å². The predicted molar refractivity (Wildman–Crippen MR) is 74.4 cm³/mol. The van der Waals surface area contributed by atoms with E-state index in [1.807, 2.05) is 36.2 Å². The molecule has 2 N–H and O–H groups in total. The van der Waals surface area contributed by atoms with Crippen LogP contribution in [-0.4, -0.2) is 24.5 Å². The van der Waals surface area contributed by atoms with Gasteiger partial charge in [-0.05, 0) is 31.0 Å². The molecule has 0 aromatic heterocycles. The van der Waals surface area contributed by atoms with Crippen LogP contribution in [0.3, 0.4) is 0 Å². The van der Waals surface area contributed by atoms with Crippen molar-refractivity contribution in [2.45, 2.75) is 26.3 Å². The number of rotatable bonds is 4. The Kier molecular flexibility index (Phi) is 5.29. The topological polar surface area (TPSA) is 41.6 Å². The summed E-state index contributed by atoms with van der Waals surface area (Å²) in [5.74, 6) is 0.569. The number of benzene rings is 1. The zero-order valence-electron chi connectivity index (χ0n) is 10.7. The molecule has 1 rings (SSSR count). The Bertz CT molecular complexity index is 390. The third-order valence-electron chi connectivity index (χ3n) is 2.77. The monoisotopic (exact) mass is 253 g/mol. The van der Waals surface area contributed by atoms with Crippen molar-refractivity contribution in [3.8, 4) is 0 Å². The minimum Gasteiger partial charge on any atom is -0.370 e. The van der Waals surface area contributed by atoms with Gasteiger partial charge in [-0.25, -0.2) is 0 Å². The van der Waals surface area contributed by atoms with E-state index in [2.05, 4.69) is 18.8 Å². The number of hydrogen-bond donors (Lipinski definition) is 1. The van der Waals surface area contributed by atoms with Crippen molar-refractivity contribution in [1.82, 2.24) is 4.90 Å². The van der Waals surface area contributed by atoms with Crippen LogP contribution >= 0.6 is 11.6 Å². The van der Waals surface area contributed by atoms with Crippen LogP contribution in [0.4, 0.5) is 0 Å². The first-order valence-electron chi connectivity index (χ1n) is 5.84. The molecule has 1 unspecified atom stereocenters. The van der Waals surface area contributed by atoms with Crippen LogP contribution in [0.5, 0.6) is 0 Å². The molecule has 0 radical (unpaired) electrons. The second-order valence-corrected chi connectivity index (χ2v) is 4.52. The zero-order chi connectivity index (χ0) is 12.8. The number of hydrogen-bond acceptors (Lipinski definition) is 1. The van der Waals surface area contributed by atoms with Crippen molar-refractivity contribution in [1.29, 1.82) is 0 Å². The van der Waals surface area contributed by atoms with E-state index in [9.17, 15) is 0 Å². The second kappa shape index (κ2) is 6.50. The maximum atomic E-state index is 5.98. The molecule has 3 nitrogen and oxygen atoms in total. The molecule has 1 atom stereocenters. The van der Waals surface area contributed by atoms with E-state index < -0.39 is 0 Å². The maximum Gasteiger partial charge on any atom is 0.191 e. The third kappa shape index (κ3) is 3.93. The summed E-state index contributed by atoms with van der Waals surface area (Å²) in [6.45, 7) is 4.93. The van der Waals surface area contributed by atoms with E-state index in [4.69, 9.17) is 17.3 Å². The Hall–Kier alpha value is -1.22. The molecule has 4 heteroatoms. The van der Waals surface area contributed by atoms with E-state index >= 15 is 0 Å². The summed E-state index contributed by atoms with van der Waals surface area (Å²) < 4.78 is 0. The van der Waals surface area contributed by atoms with Crippen molar-refractivity contribution in [3.63, 3.8) is 0 Å². The summed E-state index contributed by atoms with van der Waals surface area (Å²) in [6, 6.07) is 7.97. The minimum atomic E-state index is 0.161. The molecule has 0 spiro atoms. The predicted octanol–water partition coefficient (Wildman–Crippen LogP) is 3.06. The highest BCUT2D eigenvalue weighted by Gasteiger charge is 2.13. The largest absolute Gasteiger partial charge is 0.370 e. The molecular weight excluding hydrogens is 234 g/mol. The molecule has 0 saturated heterocycles. The van der Waals surface area contributed by atoms with Crippen LogP contribution in [0.1, 0.15) is 31.9 Å². The van der Waals surface area contributed by atoms with Gasteiger partial charge in [0.1, 0.15) is 0 Å². The summed E-state index contributed by atoms with van der Waals surface area (Å²) in [5, 5.41) is 0.742. The van der Waals surface area contributed by atoms with E-state index in [0.717, 1.165) is 23.6 Å². The Labute approximate surface area is 108 Å². The van der Waals surface area contributed by atoms with Gasteiger partial charge in [0.05, 0.1) is 6.04 Å². The van der Waals surface area contributed by atoms with Gasteiger partial charge in [0, 0.05) is 18.6 Å². The van der Waals surface area contributed by atoms with E-state index in [0.29, 0.717) is 5.96 Å². The lowest BCUT2D eigenvalue weighted by Crippen LogP contribution is -2.36. The standard InChI is InChI=1S/C13H20ClN3/c1-4-8-16-13(15)17(3)10(2)11-6-5-7-12(14)9-11/h5-7,9-10H,4,8H2,1-3H3,(H2,15,16). The van der Waals surface area contributed by atoms with Crippen LogP contribution < -0.4 is 5.73 Å². The Morgan fingerprint density at radius 3 is 2.82 bits per heavy atom. The summed E-state index contributed by atoms with van der Waals surface area (Å²) in [7, 11) is 1.94. The minimum absolute atomic E-state index is 0.161. The average molecular weight is 254 g/mol. The van der Waals surface area contributed by atoms with E-state index in [1.54, 1.807) is 0 Å². The number of halogens is 1. The van der Waals surface area contributed by atoms with E-state index in [1.165, 1.54) is 0 Å². The number of nitrogens with zero attached hydrogens (tertiary/aromatic N) is 2. The smallest absolute Gasteiger partial charge is 0.191 e. The van der Waals surface area contributed by atoms with Crippen molar-refractivity contribution >= 4 is 17.6 Å². The average Bonchev–Trinajstić information content (AvgIpc) is 2.34. The maximum absolute atomic E-state index is 5.98. The van der Waals surface area contributed by atoms with Gasteiger partial charge < -0.3 is 10.6 Å². The highest BCUT2D eigenvalue weighted by molar-refractivity contribution is 6.30. The van der Waals surface area contributed by atoms with Crippen LogP contribution in [0.25, 0.3) is 0 Å². The molecule has 0 aliphatic heterocycles. The first kappa shape index (κ1) is 13.8. The molecule has 0 aliphatic carbocycles. The van der Waals surface area contributed by atoms with Gasteiger partial charge >= 0.3 is 0 Å². The summed E-state index contributed by atoms with van der Waals surface area (Å²) in [4.78, 5) is 6.26. The van der Waals surface area contributed by atoms with Gasteiger partial charge in [-0.1, -0.05) is 30.7 Å². The third-order valence-corrected chi connectivity index (χ3v) is 3.01. The fourth-order valence-electron chi connectivity index (χ4n) is 1.53. The lowest BCUT2D eigenvalue weighted by Gasteiger charge is -2.26. The zero-order valence-corrected chi connectivity index (χ0v) is 11.4. The molecule has 0 heterocycles. The summed E-state index contributed by atoms with van der Waals surface area (Å²) >= 11 is 5.98. The molecule has 0 aliphatic rings.